The zero-order valence-electron chi connectivity index (χ0n) is 11.3. The van der Waals surface area contributed by atoms with Gasteiger partial charge in [0, 0.05) is 6.20 Å². The molecule has 0 radical (unpaired) electrons. The van der Waals surface area contributed by atoms with Crippen molar-refractivity contribution in [2.75, 3.05) is 6.54 Å². The van der Waals surface area contributed by atoms with Gasteiger partial charge in [0.1, 0.15) is 5.69 Å². The summed E-state index contributed by atoms with van der Waals surface area (Å²) in [6.07, 6.45) is 4.00. The van der Waals surface area contributed by atoms with Crippen molar-refractivity contribution in [1.29, 1.82) is 0 Å². The minimum Gasteiger partial charge on any atom is -0.337 e. The lowest BCUT2D eigenvalue weighted by molar-refractivity contribution is 0.260. The van der Waals surface area contributed by atoms with Crippen molar-refractivity contribution < 1.29 is 4.52 Å². The molecular weight excluding hydrogens is 240 g/mol. The summed E-state index contributed by atoms with van der Waals surface area (Å²) in [6.45, 7) is 5.26. The van der Waals surface area contributed by atoms with E-state index in [-0.39, 0.29) is 6.04 Å². The molecule has 0 saturated carbocycles. The molecule has 0 aromatic carbocycles. The van der Waals surface area contributed by atoms with Crippen molar-refractivity contribution in [3.63, 3.8) is 0 Å². The van der Waals surface area contributed by atoms with Crippen LogP contribution in [0.3, 0.4) is 0 Å². The molecule has 1 saturated heterocycles. The van der Waals surface area contributed by atoms with Gasteiger partial charge in [-0.25, -0.2) is 0 Å². The summed E-state index contributed by atoms with van der Waals surface area (Å²) < 4.78 is 5.40. The van der Waals surface area contributed by atoms with E-state index >= 15 is 0 Å². The summed E-state index contributed by atoms with van der Waals surface area (Å²) in [5.74, 6) is 1.94. The topological polar surface area (TPSA) is 63.8 Å². The highest BCUT2D eigenvalue weighted by atomic mass is 16.5. The summed E-state index contributed by atoms with van der Waals surface area (Å²) in [4.78, 5) is 8.81. The number of pyridine rings is 1. The Bertz CT molecular complexity index is 566. The monoisotopic (exact) mass is 258 g/mol. The molecular formula is C14H18N4O. The minimum absolute atomic E-state index is 0.175. The molecule has 1 aliphatic heterocycles. The Labute approximate surface area is 112 Å². The van der Waals surface area contributed by atoms with Gasteiger partial charge >= 0.3 is 0 Å². The molecule has 100 valence electrons. The van der Waals surface area contributed by atoms with Gasteiger partial charge in [0.2, 0.25) is 11.7 Å². The van der Waals surface area contributed by atoms with E-state index < -0.39 is 0 Å². The van der Waals surface area contributed by atoms with Crippen LogP contribution in [0.4, 0.5) is 0 Å². The van der Waals surface area contributed by atoms with Crippen LogP contribution >= 0.6 is 0 Å². The summed E-state index contributed by atoms with van der Waals surface area (Å²) >= 11 is 0. The maximum Gasteiger partial charge on any atom is 0.244 e. The Morgan fingerprint density at radius 1 is 1.42 bits per heavy atom. The fraction of sp³-hybridized carbons (Fsp3) is 0.500. The summed E-state index contributed by atoms with van der Waals surface area (Å²) in [5, 5.41) is 7.49. The fourth-order valence-corrected chi connectivity index (χ4v) is 2.49. The molecule has 1 aliphatic rings. The van der Waals surface area contributed by atoms with Crippen LogP contribution in [-0.4, -0.2) is 21.7 Å². The molecule has 3 heterocycles. The molecule has 2 aromatic rings. The van der Waals surface area contributed by atoms with Crippen LogP contribution in [0.1, 0.15) is 37.3 Å². The largest absolute Gasteiger partial charge is 0.337 e. The number of piperidine rings is 1. The number of hydrogen-bond acceptors (Lipinski definition) is 5. The zero-order valence-corrected chi connectivity index (χ0v) is 11.3. The van der Waals surface area contributed by atoms with E-state index in [1.807, 2.05) is 19.1 Å². The Morgan fingerprint density at radius 2 is 2.32 bits per heavy atom. The lowest BCUT2D eigenvalue weighted by Gasteiger charge is -2.25. The van der Waals surface area contributed by atoms with E-state index in [1.54, 1.807) is 6.20 Å². The van der Waals surface area contributed by atoms with Crippen molar-refractivity contribution in [3.8, 4) is 11.5 Å². The fourth-order valence-electron chi connectivity index (χ4n) is 2.49. The molecule has 1 N–H and O–H groups in total. The lowest BCUT2D eigenvalue weighted by Crippen LogP contribution is -2.30. The van der Waals surface area contributed by atoms with E-state index in [2.05, 4.69) is 27.4 Å². The SMILES string of the molecule is Cc1cccnc1-c1noc(C2CC(C)CCN2)n1. The number of aromatic nitrogens is 3. The smallest absolute Gasteiger partial charge is 0.244 e. The Hall–Kier alpha value is -1.75. The molecule has 0 bridgehead atoms. The maximum atomic E-state index is 5.40. The van der Waals surface area contributed by atoms with Gasteiger partial charge in [-0.1, -0.05) is 18.1 Å². The van der Waals surface area contributed by atoms with Crippen LogP contribution in [0.5, 0.6) is 0 Å². The van der Waals surface area contributed by atoms with Crippen molar-refractivity contribution >= 4 is 0 Å². The third-order valence-electron chi connectivity index (χ3n) is 3.63. The van der Waals surface area contributed by atoms with Crippen LogP contribution in [0.15, 0.2) is 22.9 Å². The number of nitrogens with zero attached hydrogens (tertiary/aromatic N) is 3. The molecule has 19 heavy (non-hydrogen) atoms. The molecule has 3 rings (SSSR count). The third-order valence-corrected chi connectivity index (χ3v) is 3.63. The first-order chi connectivity index (χ1) is 9.24. The first-order valence-electron chi connectivity index (χ1n) is 6.73. The highest BCUT2D eigenvalue weighted by Gasteiger charge is 2.25. The van der Waals surface area contributed by atoms with E-state index in [0.717, 1.165) is 24.2 Å². The molecule has 5 nitrogen and oxygen atoms in total. The second-order valence-corrected chi connectivity index (χ2v) is 5.26. The molecule has 0 aliphatic carbocycles. The van der Waals surface area contributed by atoms with Gasteiger partial charge in [0.25, 0.3) is 0 Å². The van der Waals surface area contributed by atoms with Gasteiger partial charge in [-0.2, -0.15) is 4.98 Å². The standard InChI is InChI=1S/C14H18N4O/c1-9-5-7-15-11(8-9)14-17-13(18-19-14)12-10(2)4-3-6-16-12/h3-4,6,9,11,15H,5,7-8H2,1-2H3. The van der Waals surface area contributed by atoms with Gasteiger partial charge in [0.15, 0.2) is 0 Å². The Morgan fingerprint density at radius 3 is 3.11 bits per heavy atom. The highest BCUT2D eigenvalue weighted by Crippen LogP contribution is 2.27. The normalized spacial score (nSPS) is 23.5. The van der Waals surface area contributed by atoms with Gasteiger partial charge in [0.05, 0.1) is 6.04 Å². The number of rotatable bonds is 2. The van der Waals surface area contributed by atoms with E-state index in [9.17, 15) is 0 Å². The van der Waals surface area contributed by atoms with Crippen LogP contribution < -0.4 is 5.32 Å². The minimum atomic E-state index is 0.175. The zero-order chi connectivity index (χ0) is 13.2. The molecule has 0 spiro atoms. The number of nitrogens with one attached hydrogen (secondary N) is 1. The van der Waals surface area contributed by atoms with Crippen molar-refractivity contribution in [2.24, 2.45) is 5.92 Å². The summed E-state index contributed by atoms with van der Waals surface area (Å²) in [5.41, 5.74) is 1.85. The first-order valence-corrected chi connectivity index (χ1v) is 6.73. The second kappa shape index (κ2) is 5.09. The average Bonchev–Trinajstić information content (AvgIpc) is 2.89. The molecule has 0 amide bonds. The van der Waals surface area contributed by atoms with Crippen molar-refractivity contribution in [1.82, 2.24) is 20.4 Å². The third kappa shape index (κ3) is 2.51. The van der Waals surface area contributed by atoms with Gasteiger partial charge in [-0.05, 0) is 43.9 Å². The van der Waals surface area contributed by atoms with Gasteiger partial charge in [-0.15, -0.1) is 0 Å². The van der Waals surface area contributed by atoms with Gasteiger partial charge in [-0.3, -0.25) is 4.98 Å². The Kier molecular flexibility index (Phi) is 3.29. The molecule has 5 heteroatoms. The molecule has 2 aromatic heterocycles. The van der Waals surface area contributed by atoms with E-state index in [4.69, 9.17) is 4.52 Å². The second-order valence-electron chi connectivity index (χ2n) is 5.26. The van der Waals surface area contributed by atoms with Crippen LogP contribution in [0.2, 0.25) is 0 Å². The first kappa shape index (κ1) is 12.3. The predicted molar refractivity (Wildman–Crippen MR) is 71.4 cm³/mol. The number of aryl methyl sites for hydroxylation is 1. The average molecular weight is 258 g/mol. The summed E-state index contributed by atoms with van der Waals surface area (Å²) in [6, 6.07) is 4.08. The van der Waals surface area contributed by atoms with Crippen LogP contribution in [0, 0.1) is 12.8 Å². The maximum absolute atomic E-state index is 5.40. The van der Waals surface area contributed by atoms with E-state index in [1.165, 1.54) is 6.42 Å². The molecule has 1 fully saturated rings. The highest BCUT2D eigenvalue weighted by molar-refractivity contribution is 5.53. The lowest BCUT2D eigenvalue weighted by atomic mass is 9.94. The Balaban J connectivity index is 1.85. The number of hydrogen-bond donors (Lipinski definition) is 1. The van der Waals surface area contributed by atoms with Crippen molar-refractivity contribution in [2.45, 2.75) is 32.7 Å². The van der Waals surface area contributed by atoms with Crippen LogP contribution in [-0.2, 0) is 0 Å². The molecule has 2 atom stereocenters. The quantitative estimate of drug-likeness (QED) is 0.896. The van der Waals surface area contributed by atoms with E-state index in [0.29, 0.717) is 17.6 Å². The molecule has 2 unspecified atom stereocenters. The summed E-state index contributed by atoms with van der Waals surface area (Å²) in [7, 11) is 0. The van der Waals surface area contributed by atoms with Gasteiger partial charge < -0.3 is 9.84 Å². The van der Waals surface area contributed by atoms with Crippen molar-refractivity contribution in [3.05, 3.63) is 29.8 Å². The van der Waals surface area contributed by atoms with Crippen LogP contribution in [0.25, 0.3) is 11.5 Å². The predicted octanol–water partition coefficient (Wildman–Crippen LogP) is 2.50.